The highest BCUT2D eigenvalue weighted by molar-refractivity contribution is 5.94. The van der Waals surface area contributed by atoms with E-state index in [-0.39, 0.29) is 24.2 Å². The zero-order chi connectivity index (χ0) is 24.6. The van der Waals surface area contributed by atoms with Crippen molar-refractivity contribution in [3.8, 4) is 0 Å². The molecule has 5 nitrogen and oxygen atoms in total. The average molecular weight is 463 g/mol. The fourth-order valence-electron chi connectivity index (χ4n) is 3.93. The summed E-state index contributed by atoms with van der Waals surface area (Å²) in [5.74, 6) is -2.24. The van der Waals surface area contributed by atoms with Crippen molar-refractivity contribution in [2.45, 2.75) is 51.9 Å². The SMILES string of the molecule is C=CC(C)C(CC)c1cnccc1N1CCC(F)(F)CC1.CNc1cc(C(C)=O)c(F)cn1. The predicted molar refractivity (Wildman–Crippen MR) is 127 cm³/mol. The zero-order valence-corrected chi connectivity index (χ0v) is 19.7. The van der Waals surface area contributed by atoms with Gasteiger partial charge < -0.3 is 10.2 Å². The van der Waals surface area contributed by atoms with Gasteiger partial charge in [-0.1, -0.05) is 19.9 Å². The number of ketones is 1. The van der Waals surface area contributed by atoms with Gasteiger partial charge in [-0.3, -0.25) is 9.78 Å². The van der Waals surface area contributed by atoms with E-state index in [0.29, 0.717) is 30.7 Å². The second-order valence-electron chi connectivity index (χ2n) is 8.24. The summed E-state index contributed by atoms with van der Waals surface area (Å²) >= 11 is 0. The van der Waals surface area contributed by atoms with Gasteiger partial charge in [0.1, 0.15) is 5.82 Å². The molecule has 0 bridgehead atoms. The van der Waals surface area contributed by atoms with Crippen LogP contribution in [0.2, 0.25) is 0 Å². The molecular weight excluding hydrogens is 429 g/mol. The molecule has 0 radical (unpaired) electrons. The molecule has 2 atom stereocenters. The van der Waals surface area contributed by atoms with Crippen molar-refractivity contribution in [2.24, 2.45) is 5.92 Å². The zero-order valence-electron chi connectivity index (χ0n) is 19.7. The number of nitrogens with one attached hydrogen (secondary N) is 1. The van der Waals surface area contributed by atoms with E-state index in [9.17, 15) is 18.0 Å². The smallest absolute Gasteiger partial charge is 0.251 e. The van der Waals surface area contributed by atoms with Gasteiger partial charge in [-0.25, -0.2) is 18.2 Å². The molecule has 0 spiro atoms. The molecule has 33 heavy (non-hydrogen) atoms. The van der Waals surface area contributed by atoms with Crippen molar-refractivity contribution in [1.29, 1.82) is 0 Å². The van der Waals surface area contributed by atoms with Crippen LogP contribution in [0.3, 0.4) is 0 Å². The van der Waals surface area contributed by atoms with E-state index in [2.05, 4.69) is 40.6 Å². The molecule has 1 aliphatic rings. The van der Waals surface area contributed by atoms with E-state index in [1.165, 1.54) is 13.0 Å². The Kier molecular flexibility index (Phi) is 9.44. The van der Waals surface area contributed by atoms with Crippen LogP contribution in [0.5, 0.6) is 0 Å². The number of nitrogens with zero attached hydrogens (tertiary/aromatic N) is 3. The van der Waals surface area contributed by atoms with E-state index in [1.807, 2.05) is 18.3 Å². The fourth-order valence-corrected chi connectivity index (χ4v) is 3.93. The summed E-state index contributed by atoms with van der Waals surface area (Å²) in [5, 5.41) is 2.72. The van der Waals surface area contributed by atoms with Crippen LogP contribution in [0.1, 0.15) is 61.9 Å². The molecule has 0 amide bonds. The third kappa shape index (κ3) is 7.04. The van der Waals surface area contributed by atoms with Crippen LogP contribution in [-0.2, 0) is 0 Å². The molecule has 180 valence electrons. The van der Waals surface area contributed by atoms with Gasteiger partial charge in [-0.15, -0.1) is 6.58 Å². The number of hydrogen-bond acceptors (Lipinski definition) is 5. The van der Waals surface area contributed by atoms with E-state index in [0.717, 1.165) is 23.9 Å². The normalized spacial score (nSPS) is 16.8. The Balaban J connectivity index is 0.000000273. The lowest BCUT2D eigenvalue weighted by Gasteiger charge is -2.36. The summed E-state index contributed by atoms with van der Waals surface area (Å²) in [6.45, 7) is 10.3. The first-order valence-corrected chi connectivity index (χ1v) is 11.2. The van der Waals surface area contributed by atoms with Crippen molar-refractivity contribution in [2.75, 3.05) is 30.4 Å². The number of carbonyl (C=O) groups excluding carboxylic acids is 1. The van der Waals surface area contributed by atoms with Crippen LogP contribution in [0.4, 0.5) is 24.7 Å². The summed E-state index contributed by atoms with van der Waals surface area (Å²) in [7, 11) is 1.66. The summed E-state index contributed by atoms with van der Waals surface area (Å²) in [6, 6.07) is 3.34. The number of carbonyl (C=O) groups is 1. The number of pyridine rings is 2. The first kappa shape index (κ1) is 26.4. The monoisotopic (exact) mass is 462 g/mol. The van der Waals surface area contributed by atoms with Crippen LogP contribution in [0.25, 0.3) is 0 Å². The van der Waals surface area contributed by atoms with Gasteiger partial charge in [-0.05, 0) is 42.9 Å². The third-order valence-electron chi connectivity index (χ3n) is 6.00. The highest BCUT2D eigenvalue weighted by atomic mass is 19.3. The number of rotatable bonds is 7. The molecular formula is C25H33F3N4O. The molecule has 3 rings (SSSR count). The number of Topliss-reactive ketones (excluding diaryl/α,β-unsaturated/α-hetero) is 1. The summed E-state index contributed by atoms with van der Waals surface area (Å²) in [6.07, 6.45) is 7.46. The molecule has 0 aliphatic carbocycles. The predicted octanol–water partition coefficient (Wildman–Crippen LogP) is 6.10. The van der Waals surface area contributed by atoms with Crippen LogP contribution >= 0.6 is 0 Å². The Bertz CT molecular complexity index is 941. The maximum absolute atomic E-state index is 13.3. The Morgan fingerprint density at radius 1 is 1.33 bits per heavy atom. The van der Waals surface area contributed by atoms with E-state index >= 15 is 0 Å². The molecule has 1 fully saturated rings. The Hall–Kier alpha value is -2.90. The molecule has 2 aromatic rings. The first-order valence-electron chi connectivity index (χ1n) is 11.2. The van der Waals surface area contributed by atoms with Gasteiger partial charge in [0.25, 0.3) is 5.92 Å². The van der Waals surface area contributed by atoms with Crippen molar-refractivity contribution in [1.82, 2.24) is 9.97 Å². The molecule has 1 saturated heterocycles. The number of piperidine rings is 1. The second-order valence-corrected chi connectivity index (χ2v) is 8.24. The lowest BCUT2D eigenvalue weighted by molar-refractivity contribution is -0.0220. The number of allylic oxidation sites excluding steroid dienone is 1. The number of aromatic nitrogens is 2. The Morgan fingerprint density at radius 3 is 2.55 bits per heavy atom. The van der Waals surface area contributed by atoms with E-state index in [4.69, 9.17) is 0 Å². The standard InChI is InChI=1S/C17H24F2N2.C8H9FN2O/c1-4-13(3)14(5-2)15-12-20-9-6-16(15)21-10-7-17(18,19)8-11-21;1-5(12)6-3-8(10-2)11-4-7(6)9/h4,6,9,12-14H,1,5,7-8,10-11H2,2-3H3;3-4H,1-2H3,(H,10,11). The van der Waals surface area contributed by atoms with Crippen molar-refractivity contribution < 1.29 is 18.0 Å². The number of halogens is 3. The lowest BCUT2D eigenvalue weighted by Crippen LogP contribution is -2.40. The minimum Gasteiger partial charge on any atom is -0.373 e. The van der Waals surface area contributed by atoms with Crippen LogP contribution in [0, 0.1) is 11.7 Å². The molecule has 1 N–H and O–H groups in total. The van der Waals surface area contributed by atoms with Gasteiger partial charge >= 0.3 is 0 Å². The maximum atomic E-state index is 13.3. The van der Waals surface area contributed by atoms with Gasteiger partial charge in [0.2, 0.25) is 0 Å². The summed E-state index contributed by atoms with van der Waals surface area (Å²) in [4.78, 5) is 20.9. The fraction of sp³-hybridized carbons (Fsp3) is 0.480. The molecule has 0 saturated carbocycles. The first-order chi connectivity index (χ1) is 15.6. The molecule has 2 unspecified atom stereocenters. The van der Waals surface area contributed by atoms with Crippen LogP contribution in [-0.4, -0.2) is 41.8 Å². The van der Waals surface area contributed by atoms with Crippen molar-refractivity contribution in [3.63, 3.8) is 0 Å². The Morgan fingerprint density at radius 2 is 2.00 bits per heavy atom. The minimum absolute atomic E-state index is 0.0642. The highest BCUT2D eigenvalue weighted by Crippen LogP contribution is 2.37. The number of alkyl halides is 2. The molecule has 1 aliphatic heterocycles. The maximum Gasteiger partial charge on any atom is 0.251 e. The Labute approximate surface area is 194 Å². The molecule has 8 heteroatoms. The van der Waals surface area contributed by atoms with Crippen LogP contribution in [0.15, 0.2) is 43.4 Å². The highest BCUT2D eigenvalue weighted by Gasteiger charge is 2.35. The lowest BCUT2D eigenvalue weighted by atomic mass is 9.84. The van der Waals surface area contributed by atoms with Crippen molar-refractivity contribution >= 4 is 17.3 Å². The average Bonchev–Trinajstić information content (AvgIpc) is 2.80. The molecule has 2 aromatic heterocycles. The van der Waals surface area contributed by atoms with Crippen molar-refractivity contribution in [3.05, 3.63) is 60.3 Å². The second kappa shape index (κ2) is 11.8. The van der Waals surface area contributed by atoms with Crippen LogP contribution < -0.4 is 10.2 Å². The summed E-state index contributed by atoms with van der Waals surface area (Å²) in [5.41, 5.74) is 2.27. The number of anilines is 2. The molecule has 3 heterocycles. The van der Waals surface area contributed by atoms with Gasteiger partial charge in [0.05, 0.1) is 11.8 Å². The molecule has 0 aromatic carbocycles. The van der Waals surface area contributed by atoms with Gasteiger partial charge in [-0.2, -0.15) is 0 Å². The topological polar surface area (TPSA) is 58.1 Å². The van der Waals surface area contributed by atoms with E-state index < -0.39 is 11.7 Å². The quantitative estimate of drug-likeness (QED) is 0.398. The largest absolute Gasteiger partial charge is 0.373 e. The van der Waals surface area contributed by atoms with Gasteiger partial charge in [0.15, 0.2) is 11.6 Å². The summed E-state index contributed by atoms with van der Waals surface area (Å²) < 4.78 is 39.5. The van der Waals surface area contributed by atoms with Gasteiger partial charge in [0, 0.05) is 51.1 Å². The number of hydrogen-bond donors (Lipinski definition) is 1. The third-order valence-corrected chi connectivity index (χ3v) is 6.00. The minimum atomic E-state index is -2.51. The van der Waals surface area contributed by atoms with E-state index in [1.54, 1.807) is 13.2 Å².